The fraction of sp³-hybridized carbons (Fsp3) is 0.455. The smallest absolute Gasteiger partial charge is 0.336 e. The van der Waals surface area contributed by atoms with Gasteiger partial charge >= 0.3 is 17.6 Å². The lowest BCUT2D eigenvalue weighted by atomic mass is 9.73. The maximum absolute atomic E-state index is 13.0. The zero-order chi connectivity index (χ0) is 22.2. The van der Waals surface area contributed by atoms with Crippen molar-refractivity contribution in [3.8, 4) is 5.75 Å². The Morgan fingerprint density at radius 3 is 2.81 bits per heavy atom. The first-order chi connectivity index (χ1) is 14.8. The molecule has 31 heavy (non-hydrogen) atoms. The molecular formula is C22H24N2O7. The Morgan fingerprint density at radius 2 is 2.06 bits per heavy atom. The van der Waals surface area contributed by atoms with Gasteiger partial charge in [-0.1, -0.05) is 19.8 Å². The van der Waals surface area contributed by atoms with E-state index in [1.807, 2.05) is 6.92 Å². The third-order valence-electron chi connectivity index (χ3n) is 6.21. The molecule has 0 unspecified atom stereocenters. The van der Waals surface area contributed by atoms with Gasteiger partial charge in [0.1, 0.15) is 30.0 Å². The molecule has 1 saturated carbocycles. The number of fused-ring (bicyclic) bond motifs is 1. The summed E-state index contributed by atoms with van der Waals surface area (Å²) in [7, 11) is 1.50. The lowest BCUT2D eigenvalue weighted by molar-refractivity contribution is -0.149. The van der Waals surface area contributed by atoms with E-state index in [0.717, 1.165) is 24.2 Å². The van der Waals surface area contributed by atoms with Crippen molar-refractivity contribution in [2.24, 2.45) is 5.92 Å². The summed E-state index contributed by atoms with van der Waals surface area (Å²) in [6.45, 7) is 1.27. The molecule has 1 spiro atoms. The van der Waals surface area contributed by atoms with Gasteiger partial charge in [-0.3, -0.25) is 14.5 Å². The van der Waals surface area contributed by atoms with Gasteiger partial charge in [0.15, 0.2) is 0 Å². The van der Waals surface area contributed by atoms with Gasteiger partial charge in [-0.05, 0) is 30.9 Å². The fourth-order valence-electron chi connectivity index (χ4n) is 4.43. The maximum atomic E-state index is 13.0. The Hall–Kier alpha value is -3.36. The zero-order valence-corrected chi connectivity index (χ0v) is 17.4. The highest BCUT2D eigenvalue weighted by Crippen LogP contribution is 2.38. The average molecular weight is 428 g/mol. The normalized spacial score (nSPS) is 23.3. The second kappa shape index (κ2) is 8.05. The quantitative estimate of drug-likeness (QED) is 0.442. The van der Waals surface area contributed by atoms with E-state index in [1.165, 1.54) is 13.2 Å². The molecule has 1 aromatic heterocycles. The largest absolute Gasteiger partial charge is 0.497 e. The summed E-state index contributed by atoms with van der Waals surface area (Å²) < 4.78 is 15.6. The van der Waals surface area contributed by atoms with E-state index < -0.39 is 29.7 Å². The van der Waals surface area contributed by atoms with Gasteiger partial charge in [0, 0.05) is 23.1 Å². The molecule has 0 bridgehead atoms. The minimum absolute atomic E-state index is 0.00520. The van der Waals surface area contributed by atoms with Crippen molar-refractivity contribution in [1.82, 2.24) is 10.2 Å². The van der Waals surface area contributed by atoms with Crippen molar-refractivity contribution in [2.75, 3.05) is 13.7 Å². The molecule has 0 radical (unpaired) electrons. The Morgan fingerprint density at radius 1 is 1.26 bits per heavy atom. The van der Waals surface area contributed by atoms with Crippen LogP contribution in [0.5, 0.6) is 5.75 Å². The molecule has 9 heteroatoms. The van der Waals surface area contributed by atoms with Crippen LogP contribution in [-0.2, 0) is 20.9 Å². The first-order valence-corrected chi connectivity index (χ1v) is 10.2. The molecule has 2 heterocycles. The zero-order valence-electron chi connectivity index (χ0n) is 17.4. The van der Waals surface area contributed by atoms with Crippen molar-refractivity contribution in [3.05, 3.63) is 40.2 Å². The molecule has 2 aliphatic rings. The van der Waals surface area contributed by atoms with E-state index in [2.05, 4.69) is 5.32 Å². The first-order valence-electron chi connectivity index (χ1n) is 10.2. The van der Waals surface area contributed by atoms with Gasteiger partial charge in [-0.25, -0.2) is 9.59 Å². The van der Waals surface area contributed by atoms with Crippen molar-refractivity contribution < 1.29 is 28.3 Å². The molecule has 1 N–H and O–H groups in total. The molecule has 164 valence electrons. The number of esters is 1. The molecule has 1 aromatic carbocycles. The molecule has 1 saturated heterocycles. The van der Waals surface area contributed by atoms with Gasteiger partial charge < -0.3 is 19.2 Å². The lowest BCUT2D eigenvalue weighted by Crippen LogP contribution is -2.54. The fourth-order valence-corrected chi connectivity index (χ4v) is 4.43. The van der Waals surface area contributed by atoms with Crippen LogP contribution in [0, 0.1) is 5.92 Å². The molecule has 1 aliphatic heterocycles. The molecule has 3 amide bonds. The highest BCUT2D eigenvalue weighted by atomic mass is 16.5. The van der Waals surface area contributed by atoms with Crippen LogP contribution in [0.2, 0.25) is 0 Å². The minimum atomic E-state index is -0.927. The number of benzene rings is 1. The number of carbonyl (C=O) groups is 3. The van der Waals surface area contributed by atoms with E-state index in [4.69, 9.17) is 13.9 Å². The van der Waals surface area contributed by atoms with Crippen molar-refractivity contribution in [2.45, 2.75) is 44.8 Å². The third kappa shape index (κ3) is 3.75. The van der Waals surface area contributed by atoms with Crippen LogP contribution < -0.4 is 15.7 Å². The first kappa shape index (κ1) is 20.9. The van der Waals surface area contributed by atoms with Crippen LogP contribution in [0.4, 0.5) is 4.79 Å². The number of urea groups is 1. The van der Waals surface area contributed by atoms with Crippen molar-refractivity contribution in [1.29, 1.82) is 0 Å². The molecule has 2 atom stereocenters. The van der Waals surface area contributed by atoms with Crippen LogP contribution in [0.15, 0.2) is 33.5 Å². The van der Waals surface area contributed by atoms with Crippen LogP contribution in [0.3, 0.4) is 0 Å². The van der Waals surface area contributed by atoms with E-state index >= 15 is 0 Å². The summed E-state index contributed by atoms with van der Waals surface area (Å²) in [5.74, 6) is -0.585. The molecule has 2 fully saturated rings. The topological polar surface area (TPSA) is 115 Å². The Kier molecular flexibility index (Phi) is 5.43. The van der Waals surface area contributed by atoms with Gasteiger partial charge in [-0.15, -0.1) is 0 Å². The average Bonchev–Trinajstić information content (AvgIpc) is 2.98. The summed E-state index contributed by atoms with van der Waals surface area (Å²) in [6.07, 6.45) is 3.28. The molecule has 2 aromatic rings. The number of carbonyl (C=O) groups excluding carboxylic acids is 3. The number of rotatable bonds is 5. The van der Waals surface area contributed by atoms with Crippen molar-refractivity contribution in [3.63, 3.8) is 0 Å². The second-order valence-corrected chi connectivity index (χ2v) is 8.05. The van der Waals surface area contributed by atoms with E-state index in [1.54, 1.807) is 18.2 Å². The number of amides is 3. The number of ether oxygens (including phenoxy) is 2. The van der Waals surface area contributed by atoms with Crippen LogP contribution in [-0.4, -0.2) is 42.0 Å². The summed E-state index contributed by atoms with van der Waals surface area (Å²) in [6, 6.07) is 5.64. The van der Waals surface area contributed by atoms with Gasteiger partial charge in [0.2, 0.25) is 0 Å². The standard InChI is InChI=1S/C22H24N2O7/c1-13-5-3-4-8-22(13)20(27)24(21(28)23-22)11-19(26)30-12-14-9-18(25)31-17-10-15(29-2)6-7-16(14)17/h6-7,9-10,13H,3-5,8,11-12H2,1-2H3,(H,23,28)/t13-,22+/m1/s1. The van der Waals surface area contributed by atoms with E-state index in [0.29, 0.717) is 28.7 Å². The number of imide groups is 1. The van der Waals surface area contributed by atoms with Crippen LogP contribution in [0.25, 0.3) is 11.0 Å². The highest BCUT2D eigenvalue weighted by molar-refractivity contribution is 6.09. The summed E-state index contributed by atoms with van der Waals surface area (Å²) >= 11 is 0. The number of methoxy groups -OCH3 is 1. The summed E-state index contributed by atoms with van der Waals surface area (Å²) in [5.41, 5.74) is -0.755. The van der Waals surface area contributed by atoms with Crippen LogP contribution >= 0.6 is 0 Å². The Bertz CT molecular complexity index is 1110. The monoisotopic (exact) mass is 428 g/mol. The minimum Gasteiger partial charge on any atom is -0.497 e. The third-order valence-corrected chi connectivity index (χ3v) is 6.21. The molecule has 9 nitrogen and oxygen atoms in total. The number of nitrogens with one attached hydrogen (secondary N) is 1. The van der Waals surface area contributed by atoms with E-state index in [-0.39, 0.29) is 18.4 Å². The number of nitrogens with zero attached hydrogens (tertiary/aromatic N) is 1. The van der Waals surface area contributed by atoms with E-state index in [9.17, 15) is 19.2 Å². The lowest BCUT2D eigenvalue weighted by Gasteiger charge is -2.36. The second-order valence-electron chi connectivity index (χ2n) is 8.05. The summed E-state index contributed by atoms with van der Waals surface area (Å²) in [5, 5.41) is 3.40. The van der Waals surface area contributed by atoms with Gasteiger partial charge in [0.05, 0.1) is 7.11 Å². The maximum Gasteiger partial charge on any atom is 0.336 e. The molecule has 1 aliphatic carbocycles. The van der Waals surface area contributed by atoms with Crippen LogP contribution in [0.1, 0.15) is 38.2 Å². The Balaban J connectivity index is 1.46. The predicted octanol–water partition coefficient (Wildman–Crippen LogP) is 2.35. The van der Waals surface area contributed by atoms with Crippen molar-refractivity contribution >= 4 is 28.9 Å². The molecular weight excluding hydrogens is 404 g/mol. The number of hydrogen-bond acceptors (Lipinski definition) is 7. The highest BCUT2D eigenvalue weighted by Gasteiger charge is 2.55. The summed E-state index contributed by atoms with van der Waals surface area (Å²) in [4.78, 5) is 50.6. The van der Waals surface area contributed by atoms with Gasteiger partial charge in [-0.2, -0.15) is 0 Å². The van der Waals surface area contributed by atoms with Gasteiger partial charge in [0.25, 0.3) is 5.91 Å². The molecule has 4 rings (SSSR count). The Labute approximate surface area is 178 Å². The predicted molar refractivity (Wildman–Crippen MR) is 109 cm³/mol. The SMILES string of the molecule is COc1ccc2c(COC(=O)CN3C(=O)N[C@]4(CCCC[C@H]4C)C3=O)cc(=O)oc2c1. The number of hydrogen-bond donors (Lipinski definition) is 1.